The molecule has 0 unspecified atom stereocenters. The summed E-state index contributed by atoms with van der Waals surface area (Å²) in [5, 5.41) is 0.581. The first-order valence-electron chi connectivity index (χ1n) is 9.42. The van der Waals surface area contributed by atoms with E-state index >= 15 is 0 Å². The van der Waals surface area contributed by atoms with Crippen LogP contribution in [0.25, 0.3) is 22.2 Å². The number of aromatic nitrogens is 1. The van der Waals surface area contributed by atoms with Crippen molar-refractivity contribution in [3.8, 4) is 17.0 Å². The highest BCUT2D eigenvalue weighted by molar-refractivity contribution is 6.22. The zero-order chi connectivity index (χ0) is 19.3. The zero-order valence-corrected chi connectivity index (χ0v) is 16.1. The predicted octanol–water partition coefficient (Wildman–Crippen LogP) is 4.58. The van der Waals surface area contributed by atoms with Crippen molar-refractivity contribution in [1.29, 1.82) is 0 Å². The molecule has 0 N–H and O–H groups in total. The topological polar surface area (TPSA) is 48.3 Å². The number of hydrogen-bond acceptors (Lipinski definition) is 3. The van der Waals surface area contributed by atoms with Crippen molar-refractivity contribution < 1.29 is 9.53 Å². The highest BCUT2D eigenvalue weighted by atomic mass is 16.5. The molecule has 1 aromatic heterocycles. The van der Waals surface area contributed by atoms with E-state index in [1.807, 2.05) is 44.2 Å². The lowest BCUT2D eigenvalue weighted by Gasteiger charge is -2.18. The van der Waals surface area contributed by atoms with E-state index in [-0.39, 0.29) is 16.8 Å². The van der Waals surface area contributed by atoms with E-state index in [4.69, 9.17) is 4.74 Å². The van der Waals surface area contributed by atoms with E-state index in [0.29, 0.717) is 35.8 Å². The van der Waals surface area contributed by atoms with Crippen LogP contribution in [0, 0.1) is 12.8 Å². The molecule has 0 saturated carbocycles. The SMILES string of the molecule is CCn1c2c(c(=O)c3c(C)c(OCC(C)C)ccc31)C(=O)c1ccccc1-2. The first-order chi connectivity index (χ1) is 13.0. The number of nitrogens with zero attached hydrogens (tertiary/aromatic N) is 1. The van der Waals surface area contributed by atoms with Crippen molar-refractivity contribution in [1.82, 2.24) is 4.57 Å². The molecule has 1 aliphatic carbocycles. The lowest BCUT2D eigenvalue weighted by atomic mass is 10.0. The van der Waals surface area contributed by atoms with E-state index in [9.17, 15) is 9.59 Å². The Bertz CT molecular complexity index is 1140. The smallest absolute Gasteiger partial charge is 0.201 e. The quantitative estimate of drug-likeness (QED) is 0.535. The van der Waals surface area contributed by atoms with E-state index in [0.717, 1.165) is 22.3 Å². The molecule has 4 nitrogen and oxygen atoms in total. The van der Waals surface area contributed by atoms with Crippen molar-refractivity contribution in [2.24, 2.45) is 5.92 Å². The maximum Gasteiger partial charge on any atom is 0.201 e. The van der Waals surface area contributed by atoms with Crippen molar-refractivity contribution in [2.45, 2.75) is 34.2 Å². The van der Waals surface area contributed by atoms with Crippen LogP contribution in [0.1, 0.15) is 42.3 Å². The van der Waals surface area contributed by atoms with E-state index in [1.165, 1.54) is 0 Å². The number of ketones is 1. The van der Waals surface area contributed by atoms with Gasteiger partial charge in [-0.25, -0.2) is 0 Å². The van der Waals surface area contributed by atoms with Crippen LogP contribution in [0.2, 0.25) is 0 Å². The molecule has 0 fully saturated rings. The van der Waals surface area contributed by atoms with Gasteiger partial charge >= 0.3 is 0 Å². The van der Waals surface area contributed by atoms with Crippen LogP contribution in [-0.2, 0) is 6.54 Å². The Kier molecular flexibility index (Phi) is 4.14. The summed E-state index contributed by atoms with van der Waals surface area (Å²) >= 11 is 0. The Balaban J connectivity index is 2.06. The molecule has 0 atom stereocenters. The van der Waals surface area contributed by atoms with Gasteiger partial charge in [-0.05, 0) is 31.9 Å². The average molecular weight is 361 g/mol. The molecule has 4 rings (SSSR count). The van der Waals surface area contributed by atoms with Gasteiger partial charge in [-0.2, -0.15) is 0 Å². The largest absolute Gasteiger partial charge is 0.493 e. The van der Waals surface area contributed by atoms with Gasteiger partial charge in [0, 0.05) is 23.2 Å². The van der Waals surface area contributed by atoms with Gasteiger partial charge in [-0.15, -0.1) is 0 Å². The van der Waals surface area contributed by atoms with E-state index < -0.39 is 0 Å². The van der Waals surface area contributed by atoms with Crippen LogP contribution in [0.15, 0.2) is 41.2 Å². The van der Waals surface area contributed by atoms with Crippen molar-refractivity contribution in [2.75, 3.05) is 6.61 Å². The monoisotopic (exact) mass is 361 g/mol. The highest BCUT2D eigenvalue weighted by Crippen LogP contribution is 2.38. The van der Waals surface area contributed by atoms with Crippen LogP contribution in [0.4, 0.5) is 0 Å². The summed E-state index contributed by atoms with van der Waals surface area (Å²) in [6.45, 7) is 9.37. The lowest BCUT2D eigenvalue weighted by Crippen LogP contribution is -2.19. The minimum absolute atomic E-state index is 0.178. The van der Waals surface area contributed by atoms with E-state index in [1.54, 1.807) is 6.07 Å². The number of carbonyl (C=O) groups excluding carboxylic acids is 1. The molecule has 0 amide bonds. The fraction of sp³-hybridized carbons (Fsp3) is 0.304. The number of hydrogen-bond donors (Lipinski definition) is 0. The standard InChI is InChI=1S/C23H23NO3/c1-5-24-17-10-11-18(27-12-13(2)3)14(4)19(17)23(26)20-21(24)15-8-6-7-9-16(15)22(20)25/h6-11,13H,5,12H2,1-4H3. The summed E-state index contributed by atoms with van der Waals surface area (Å²) in [4.78, 5) is 26.4. The molecule has 0 bridgehead atoms. The van der Waals surface area contributed by atoms with Crippen LogP contribution >= 0.6 is 0 Å². The third-order valence-corrected chi connectivity index (χ3v) is 5.19. The van der Waals surface area contributed by atoms with Gasteiger partial charge in [-0.3, -0.25) is 9.59 Å². The Morgan fingerprint density at radius 1 is 1.04 bits per heavy atom. The fourth-order valence-corrected chi connectivity index (χ4v) is 3.93. The molecule has 1 aliphatic rings. The normalized spacial score (nSPS) is 12.6. The average Bonchev–Trinajstić information content (AvgIpc) is 2.95. The number of pyridine rings is 1. The number of carbonyl (C=O) groups is 1. The second-order valence-corrected chi connectivity index (χ2v) is 7.46. The maximum atomic E-state index is 13.4. The fourth-order valence-electron chi connectivity index (χ4n) is 3.93. The number of ether oxygens (including phenoxy) is 1. The predicted molar refractivity (Wildman–Crippen MR) is 108 cm³/mol. The second-order valence-electron chi connectivity index (χ2n) is 7.46. The third kappa shape index (κ3) is 2.51. The summed E-state index contributed by atoms with van der Waals surface area (Å²) in [5.41, 5.74) is 3.93. The molecule has 0 radical (unpaired) electrons. The van der Waals surface area contributed by atoms with Crippen molar-refractivity contribution >= 4 is 16.7 Å². The van der Waals surface area contributed by atoms with Crippen molar-refractivity contribution in [3.05, 3.63) is 63.3 Å². The Labute approximate surface area is 158 Å². The summed E-state index contributed by atoms with van der Waals surface area (Å²) in [5.74, 6) is 0.921. The molecular formula is C23H23NO3. The Morgan fingerprint density at radius 2 is 1.74 bits per heavy atom. The highest BCUT2D eigenvalue weighted by Gasteiger charge is 2.33. The molecule has 1 heterocycles. The molecule has 0 saturated heterocycles. The van der Waals surface area contributed by atoms with Crippen LogP contribution in [0.3, 0.4) is 0 Å². The number of aryl methyl sites for hydroxylation is 2. The molecule has 2 aromatic carbocycles. The van der Waals surface area contributed by atoms with Gasteiger partial charge < -0.3 is 9.30 Å². The number of benzene rings is 2. The lowest BCUT2D eigenvalue weighted by molar-refractivity contribution is 0.104. The van der Waals surface area contributed by atoms with Crippen LogP contribution in [0.5, 0.6) is 5.75 Å². The van der Waals surface area contributed by atoms with Gasteiger partial charge in [0.15, 0.2) is 5.78 Å². The number of fused-ring (bicyclic) bond motifs is 4. The molecule has 0 spiro atoms. The first-order valence-corrected chi connectivity index (χ1v) is 9.42. The Hall–Kier alpha value is -2.88. The molecule has 0 aliphatic heterocycles. The molecule has 4 heteroatoms. The molecule has 27 heavy (non-hydrogen) atoms. The van der Waals surface area contributed by atoms with Crippen LogP contribution < -0.4 is 10.2 Å². The molecule has 138 valence electrons. The molecule has 3 aromatic rings. The minimum Gasteiger partial charge on any atom is -0.493 e. The van der Waals surface area contributed by atoms with E-state index in [2.05, 4.69) is 18.4 Å². The first kappa shape index (κ1) is 17.5. The molecular weight excluding hydrogens is 338 g/mol. The third-order valence-electron chi connectivity index (χ3n) is 5.19. The van der Waals surface area contributed by atoms with Gasteiger partial charge in [-0.1, -0.05) is 38.1 Å². The minimum atomic E-state index is -0.196. The second kappa shape index (κ2) is 6.38. The van der Waals surface area contributed by atoms with Crippen molar-refractivity contribution in [3.63, 3.8) is 0 Å². The van der Waals surface area contributed by atoms with Gasteiger partial charge in [0.05, 0.1) is 28.8 Å². The summed E-state index contributed by atoms with van der Waals surface area (Å²) in [7, 11) is 0. The van der Waals surface area contributed by atoms with Gasteiger partial charge in [0.2, 0.25) is 5.43 Å². The Morgan fingerprint density at radius 3 is 2.41 bits per heavy atom. The number of rotatable bonds is 4. The van der Waals surface area contributed by atoms with Gasteiger partial charge in [0.1, 0.15) is 5.75 Å². The summed E-state index contributed by atoms with van der Waals surface area (Å²) in [6, 6.07) is 11.3. The zero-order valence-electron chi connectivity index (χ0n) is 16.1. The van der Waals surface area contributed by atoms with Gasteiger partial charge in [0.25, 0.3) is 0 Å². The summed E-state index contributed by atoms with van der Waals surface area (Å²) in [6.07, 6.45) is 0. The summed E-state index contributed by atoms with van der Waals surface area (Å²) < 4.78 is 7.99. The maximum absolute atomic E-state index is 13.4. The van der Waals surface area contributed by atoms with Crippen LogP contribution in [-0.4, -0.2) is 17.0 Å².